The molecule has 5 rings (SSSR count). The maximum Gasteiger partial charge on any atom is 0.407 e. The minimum absolute atomic E-state index is 0.00654. The summed E-state index contributed by atoms with van der Waals surface area (Å²) in [6.45, 7) is 0.450. The number of fused-ring (bicyclic) bond motifs is 3. The minimum Gasteiger partial charge on any atom is -0.481 e. The summed E-state index contributed by atoms with van der Waals surface area (Å²) < 4.78 is 5.59. The molecule has 0 radical (unpaired) electrons. The topological polar surface area (TPSA) is 75.6 Å². The minimum atomic E-state index is -0.888. The molecule has 1 atom stereocenters. The third kappa shape index (κ3) is 4.63. The Hall–Kier alpha value is -3.60. The van der Waals surface area contributed by atoms with Gasteiger partial charge in [-0.05, 0) is 52.1 Å². The van der Waals surface area contributed by atoms with Crippen LogP contribution in [-0.4, -0.2) is 30.3 Å². The maximum atomic E-state index is 12.5. The van der Waals surface area contributed by atoms with Crippen molar-refractivity contribution in [3.05, 3.63) is 95.1 Å². The van der Waals surface area contributed by atoms with E-state index in [9.17, 15) is 14.7 Å². The first kappa shape index (κ1) is 21.3. The Labute approximate surface area is 193 Å². The van der Waals surface area contributed by atoms with Gasteiger partial charge in [0.15, 0.2) is 0 Å². The summed E-state index contributed by atoms with van der Waals surface area (Å²) in [6.07, 6.45) is 1.87. The molecule has 5 nitrogen and oxygen atoms in total. The Kier molecular flexibility index (Phi) is 5.86. The van der Waals surface area contributed by atoms with Crippen molar-refractivity contribution in [2.45, 2.75) is 37.0 Å². The van der Waals surface area contributed by atoms with E-state index in [1.54, 1.807) is 0 Å². The zero-order valence-corrected chi connectivity index (χ0v) is 18.4. The first-order chi connectivity index (χ1) is 16.1. The van der Waals surface area contributed by atoms with Crippen LogP contribution in [0.15, 0.2) is 72.8 Å². The van der Waals surface area contributed by atoms with Crippen molar-refractivity contribution in [3.8, 4) is 11.1 Å². The van der Waals surface area contributed by atoms with Crippen molar-refractivity contribution in [3.63, 3.8) is 0 Å². The van der Waals surface area contributed by atoms with Crippen molar-refractivity contribution in [1.82, 2.24) is 5.32 Å². The van der Waals surface area contributed by atoms with E-state index in [1.807, 2.05) is 36.4 Å². The van der Waals surface area contributed by atoms with Crippen LogP contribution in [0.4, 0.5) is 4.79 Å². The van der Waals surface area contributed by atoms with Gasteiger partial charge in [0.25, 0.3) is 0 Å². The summed E-state index contributed by atoms with van der Waals surface area (Å²) in [6, 6.07) is 24.5. The Morgan fingerprint density at radius 3 is 2.09 bits per heavy atom. The molecule has 0 bridgehead atoms. The molecule has 1 saturated carbocycles. The summed E-state index contributed by atoms with van der Waals surface area (Å²) in [5.41, 5.74) is 6.90. The van der Waals surface area contributed by atoms with Crippen LogP contribution in [-0.2, 0) is 9.53 Å². The predicted octanol–water partition coefficient (Wildman–Crippen LogP) is 5.66. The van der Waals surface area contributed by atoms with Crippen LogP contribution in [0.2, 0.25) is 0 Å². The first-order valence-corrected chi connectivity index (χ1v) is 11.5. The van der Waals surface area contributed by atoms with Crippen LogP contribution in [0.3, 0.4) is 0 Å². The lowest BCUT2D eigenvalue weighted by molar-refractivity contribution is -0.137. The van der Waals surface area contributed by atoms with Gasteiger partial charge in [0.05, 0.1) is 6.42 Å². The number of nitrogens with one attached hydrogen (secondary N) is 1. The molecule has 0 aliphatic heterocycles. The van der Waals surface area contributed by atoms with E-state index in [0.717, 1.165) is 16.7 Å². The van der Waals surface area contributed by atoms with Gasteiger partial charge < -0.3 is 15.2 Å². The Bertz CT molecular complexity index is 1120. The number of hydrogen-bond donors (Lipinski definition) is 2. The van der Waals surface area contributed by atoms with Crippen LogP contribution >= 0.6 is 0 Å². The molecule has 33 heavy (non-hydrogen) atoms. The zero-order valence-electron chi connectivity index (χ0n) is 18.4. The van der Waals surface area contributed by atoms with Crippen LogP contribution in [0.1, 0.15) is 59.3 Å². The van der Waals surface area contributed by atoms with Gasteiger partial charge in [-0.25, -0.2) is 4.79 Å². The molecule has 2 aliphatic rings. The van der Waals surface area contributed by atoms with E-state index in [0.29, 0.717) is 5.92 Å². The van der Waals surface area contributed by atoms with Crippen molar-refractivity contribution in [1.29, 1.82) is 0 Å². The molecule has 1 unspecified atom stereocenters. The average Bonchev–Trinajstić information content (AvgIpc) is 3.63. The number of carboxylic acids is 1. The number of carbonyl (C=O) groups is 2. The van der Waals surface area contributed by atoms with Crippen LogP contribution < -0.4 is 5.32 Å². The molecule has 3 aromatic rings. The van der Waals surface area contributed by atoms with Crippen LogP contribution in [0, 0.1) is 0 Å². The molecule has 0 heterocycles. The predicted molar refractivity (Wildman–Crippen MR) is 126 cm³/mol. The standard InChI is InChI=1S/C28H27NO4/c30-27(31)15-21(20-13-11-19(12-14-20)18-9-10-18)16-29-28(32)33-17-26-24-7-3-1-5-22(24)23-6-2-4-8-25(23)26/h1-8,11-14,18,21,26H,9-10,15-17H2,(H,29,32)(H,30,31). The third-order valence-electron chi connectivity index (χ3n) is 6.71. The molecule has 2 N–H and O–H groups in total. The lowest BCUT2D eigenvalue weighted by Crippen LogP contribution is -2.31. The number of hydrogen-bond acceptors (Lipinski definition) is 3. The maximum absolute atomic E-state index is 12.5. The number of carboxylic acid groups (broad SMARTS) is 1. The number of aliphatic carboxylic acids is 1. The first-order valence-electron chi connectivity index (χ1n) is 11.5. The molecule has 1 amide bonds. The van der Waals surface area contributed by atoms with Gasteiger partial charge in [0.1, 0.15) is 6.61 Å². The van der Waals surface area contributed by atoms with E-state index in [2.05, 4.69) is 41.7 Å². The highest BCUT2D eigenvalue weighted by Crippen LogP contribution is 2.44. The molecule has 0 spiro atoms. The quantitative estimate of drug-likeness (QED) is 0.473. The average molecular weight is 442 g/mol. The highest BCUT2D eigenvalue weighted by molar-refractivity contribution is 5.79. The van der Waals surface area contributed by atoms with Crippen molar-refractivity contribution >= 4 is 12.1 Å². The van der Waals surface area contributed by atoms with Gasteiger partial charge in [-0.2, -0.15) is 0 Å². The molecule has 5 heteroatoms. The normalized spacial score (nSPS) is 15.4. The fourth-order valence-electron chi connectivity index (χ4n) is 4.83. The van der Waals surface area contributed by atoms with Gasteiger partial charge in [-0.3, -0.25) is 4.79 Å². The Balaban J connectivity index is 1.22. The molecule has 2 aliphatic carbocycles. The van der Waals surface area contributed by atoms with Crippen molar-refractivity contribution in [2.75, 3.05) is 13.2 Å². The van der Waals surface area contributed by atoms with E-state index < -0.39 is 12.1 Å². The highest BCUT2D eigenvalue weighted by Gasteiger charge is 2.29. The number of ether oxygens (including phenoxy) is 1. The summed E-state index contributed by atoms with van der Waals surface area (Å²) in [5.74, 6) is -0.555. The second-order valence-corrected chi connectivity index (χ2v) is 8.94. The summed E-state index contributed by atoms with van der Waals surface area (Å²) in [5, 5.41) is 12.1. The van der Waals surface area contributed by atoms with E-state index in [1.165, 1.54) is 29.5 Å². The monoisotopic (exact) mass is 441 g/mol. The van der Waals surface area contributed by atoms with Crippen molar-refractivity contribution < 1.29 is 19.4 Å². The van der Waals surface area contributed by atoms with E-state index in [-0.39, 0.29) is 31.4 Å². The van der Waals surface area contributed by atoms with Gasteiger partial charge >= 0.3 is 12.1 Å². The highest BCUT2D eigenvalue weighted by atomic mass is 16.5. The molecule has 0 saturated heterocycles. The van der Waals surface area contributed by atoms with E-state index >= 15 is 0 Å². The molecular formula is C28H27NO4. The summed E-state index contributed by atoms with van der Waals surface area (Å²) >= 11 is 0. The van der Waals surface area contributed by atoms with Gasteiger partial charge in [-0.15, -0.1) is 0 Å². The fourth-order valence-corrected chi connectivity index (χ4v) is 4.83. The number of alkyl carbamates (subject to hydrolysis) is 1. The second-order valence-electron chi connectivity index (χ2n) is 8.94. The molecular weight excluding hydrogens is 414 g/mol. The van der Waals surface area contributed by atoms with Gasteiger partial charge in [-0.1, -0.05) is 72.8 Å². The molecule has 168 valence electrons. The number of carbonyl (C=O) groups excluding carboxylic acids is 1. The third-order valence-corrected chi connectivity index (χ3v) is 6.71. The summed E-state index contributed by atoms with van der Waals surface area (Å²) in [7, 11) is 0. The lowest BCUT2D eigenvalue weighted by atomic mass is 9.94. The Morgan fingerprint density at radius 1 is 0.909 bits per heavy atom. The number of rotatable bonds is 8. The largest absolute Gasteiger partial charge is 0.481 e. The van der Waals surface area contributed by atoms with E-state index in [4.69, 9.17) is 4.74 Å². The lowest BCUT2D eigenvalue weighted by Gasteiger charge is -2.18. The fraction of sp³-hybridized carbons (Fsp3) is 0.286. The van der Waals surface area contributed by atoms with Crippen LogP contribution in [0.25, 0.3) is 11.1 Å². The zero-order chi connectivity index (χ0) is 22.8. The smallest absolute Gasteiger partial charge is 0.407 e. The number of benzene rings is 3. The number of amides is 1. The summed E-state index contributed by atoms with van der Waals surface area (Å²) in [4.78, 5) is 23.9. The molecule has 1 fully saturated rings. The Morgan fingerprint density at radius 2 is 1.52 bits per heavy atom. The van der Waals surface area contributed by atoms with Gasteiger partial charge in [0, 0.05) is 18.4 Å². The van der Waals surface area contributed by atoms with Gasteiger partial charge in [0.2, 0.25) is 0 Å². The second kappa shape index (κ2) is 9.10. The van der Waals surface area contributed by atoms with Crippen LogP contribution in [0.5, 0.6) is 0 Å². The molecule has 0 aromatic heterocycles. The SMILES string of the molecule is O=C(O)CC(CNC(=O)OCC1c2ccccc2-c2ccccc21)c1ccc(C2CC2)cc1. The van der Waals surface area contributed by atoms with Crippen molar-refractivity contribution in [2.24, 2.45) is 0 Å². The molecule has 3 aromatic carbocycles.